The first-order chi connectivity index (χ1) is 13.3. The van der Waals surface area contributed by atoms with Crippen LogP contribution in [-0.2, 0) is 0 Å². The summed E-state index contributed by atoms with van der Waals surface area (Å²) >= 11 is 6.37. The maximum Gasteiger partial charge on any atom is 0.0789 e. The number of aliphatic hydroxyl groups is 1. The first-order valence-electron chi connectivity index (χ1n) is 9.49. The zero-order chi connectivity index (χ0) is 18.6. The Kier molecular flexibility index (Phi) is 5.86. The third-order valence-corrected chi connectivity index (χ3v) is 5.47. The Morgan fingerprint density at radius 3 is 2.93 bits per heavy atom. The van der Waals surface area contributed by atoms with Gasteiger partial charge in [-0.2, -0.15) is 0 Å². The number of pyridine rings is 1. The summed E-state index contributed by atoms with van der Waals surface area (Å²) in [6.45, 7) is 5.31. The van der Waals surface area contributed by atoms with Crippen molar-refractivity contribution in [3.63, 3.8) is 0 Å². The molecule has 2 aromatic rings. The molecule has 1 aromatic carbocycles. The Labute approximate surface area is 165 Å². The number of aliphatic hydroxyl groups excluding tert-OH is 1. The van der Waals surface area contributed by atoms with Gasteiger partial charge in [0, 0.05) is 50.5 Å². The van der Waals surface area contributed by atoms with Gasteiger partial charge in [-0.15, -0.1) is 0 Å². The summed E-state index contributed by atoms with van der Waals surface area (Å²) < 4.78 is 0. The van der Waals surface area contributed by atoms with Crippen LogP contribution in [-0.4, -0.2) is 60.9 Å². The van der Waals surface area contributed by atoms with Gasteiger partial charge in [0.05, 0.1) is 18.3 Å². The largest absolute Gasteiger partial charge is 0.395 e. The first-order valence-corrected chi connectivity index (χ1v) is 9.87. The Morgan fingerprint density at radius 2 is 2.11 bits per heavy atom. The second-order valence-electron chi connectivity index (χ2n) is 6.97. The zero-order valence-electron chi connectivity index (χ0n) is 15.3. The first kappa shape index (κ1) is 18.6. The maximum absolute atomic E-state index is 9.14. The average molecular weight is 385 g/mol. The van der Waals surface area contributed by atoms with Gasteiger partial charge < -0.3 is 15.7 Å². The van der Waals surface area contributed by atoms with Crippen LogP contribution in [0.25, 0.3) is 11.6 Å². The van der Waals surface area contributed by atoms with Crippen molar-refractivity contribution in [1.29, 1.82) is 0 Å². The molecule has 1 atom stereocenters. The maximum atomic E-state index is 9.14. The molecule has 1 saturated heterocycles. The Balaban J connectivity index is 1.84. The van der Waals surface area contributed by atoms with Crippen LogP contribution in [0.5, 0.6) is 0 Å². The highest BCUT2D eigenvalue weighted by molar-refractivity contribution is 6.30. The van der Waals surface area contributed by atoms with E-state index in [1.807, 2.05) is 18.3 Å². The minimum Gasteiger partial charge on any atom is -0.395 e. The third kappa shape index (κ3) is 3.93. The fourth-order valence-corrected chi connectivity index (χ4v) is 4.17. The molecular weight excluding hydrogens is 360 g/mol. The molecule has 1 unspecified atom stereocenters. The van der Waals surface area contributed by atoms with Gasteiger partial charge in [-0.1, -0.05) is 23.7 Å². The Bertz CT molecular complexity index is 833. The summed E-state index contributed by atoms with van der Waals surface area (Å²) in [6, 6.07) is 10.4. The topological polar surface area (TPSA) is 60.4 Å². The van der Waals surface area contributed by atoms with Crippen molar-refractivity contribution < 1.29 is 5.11 Å². The van der Waals surface area contributed by atoms with Crippen LogP contribution in [0, 0.1) is 0 Å². The van der Waals surface area contributed by atoms with Gasteiger partial charge in [0.1, 0.15) is 0 Å². The summed E-state index contributed by atoms with van der Waals surface area (Å²) in [7, 11) is 0. The quantitative estimate of drug-likeness (QED) is 0.690. The highest BCUT2D eigenvalue weighted by atomic mass is 35.5. The molecule has 0 bridgehead atoms. The predicted molar refractivity (Wildman–Crippen MR) is 110 cm³/mol. The van der Waals surface area contributed by atoms with E-state index in [1.165, 1.54) is 11.1 Å². The minimum atomic E-state index is 0.113. The molecule has 0 amide bonds. The van der Waals surface area contributed by atoms with E-state index in [4.69, 9.17) is 21.7 Å². The SMILES string of the molecule is OCCNCC1=Cc2cccnc2C(N2CCNCC2)c2ccc(Cl)cc21. The molecule has 27 heavy (non-hydrogen) atoms. The number of hydrogen-bond acceptors (Lipinski definition) is 5. The van der Waals surface area contributed by atoms with Crippen molar-refractivity contribution in [2.45, 2.75) is 6.04 Å². The van der Waals surface area contributed by atoms with Crippen LogP contribution in [0.2, 0.25) is 5.02 Å². The van der Waals surface area contributed by atoms with Gasteiger partial charge in [0.15, 0.2) is 0 Å². The summed E-state index contributed by atoms with van der Waals surface area (Å²) in [4.78, 5) is 7.29. The van der Waals surface area contributed by atoms with E-state index in [9.17, 15) is 0 Å². The molecule has 0 radical (unpaired) electrons. The van der Waals surface area contributed by atoms with Crippen molar-refractivity contribution in [3.8, 4) is 0 Å². The molecule has 3 N–H and O–H groups in total. The number of hydrogen-bond donors (Lipinski definition) is 3. The molecular formula is C21H25ClN4O. The molecule has 142 valence electrons. The van der Waals surface area contributed by atoms with E-state index in [2.05, 4.69) is 39.8 Å². The number of piperazine rings is 1. The number of nitrogens with one attached hydrogen (secondary N) is 2. The number of rotatable bonds is 5. The lowest BCUT2D eigenvalue weighted by molar-refractivity contribution is 0.195. The molecule has 0 saturated carbocycles. The van der Waals surface area contributed by atoms with Gasteiger partial charge in [0.25, 0.3) is 0 Å². The van der Waals surface area contributed by atoms with E-state index >= 15 is 0 Å². The number of halogens is 1. The number of fused-ring (bicyclic) bond motifs is 2. The van der Waals surface area contributed by atoms with Crippen molar-refractivity contribution in [2.75, 3.05) is 45.9 Å². The van der Waals surface area contributed by atoms with Crippen molar-refractivity contribution in [2.24, 2.45) is 0 Å². The Hall–Kier alpha value is -1.76. The summed E-state index contributed by atoms with van der Waals surface area (Å²) in [5.41, 5.74) is 5.83. The molecule has 1 fully saturated rings. The van der Waals surface area contributed by atoms with Crippen LogP contribution in [0.4, 0.5) is 0 Å². The molecule has 4 rings (SSSR count). The monoisotopic (exact) mass is 384 g/mol. The molecule has 1 aliphatic heterocycles. The van der Waals surface area contributed by atoms with Gasteiger partial charge in [-0.05, 0) is 46.5 Å². The van der Waals surface area contributed by atoms with Crippen LogP contribution < -0.4 is 10.6 Å². The molecule has 6 heteroatoms. The summed E-state index contributed by atoms with van der Waals surface area (Å²) in [5.74, 6) is 0. The van der Waals surface area contributed by atoms with Crippen LogP contribution in [0.3, 0.4) is 0 Å². The van der Waals surface area contributed by atoms with E-state index in [1.54, 1.807) is 0 Å². The predicted octanol–water partition coefficient (Wildman–Crippen LogP) is 2.17. The number of benzene rings is 1. The molecule has 5 nitrogen and oxygen atoms in total. The van der Waals surface area contributed by atoms with Crippen molar-refractivity contribution in [3.05, 3.63) is 63.9 Å². The molecule has 0 spiro atoms. The fraction of sp³-hybridized carbons (Fsp3) is 0.381. The highest BCUT2D eigenvalue weighted by Crippen LogP contribution is 2.39. The van der Waals surface area contributed by atoms with E-state index in [-0.39, 0.29) is 12.6 Å². The normalized spacial score (nSPS) is 19.8. The van der Waals surface area contributed by atoms with Gasteiger partial charge in [-0.3, -0.25) is 9.88 Å². The number of aromatic nitrogens is 1. The lowest BCUT2D eigenvalue weighted by atomic mass is 9.93. The van der Waals surface area contributed by atoms with Crippen molar-refractivity contribution in [1.82, 2.24) is 20.5 Å². The molecule has 2 heterocycles. The zero-order valence-corrected chi connectivity index (χ0v) is 16.0. The van der Waals surface area contributed by atoms with E-state index in [0.717, 1.165) is 48.0 Å². The number of nitrogens with zero attached hydrogens (tertiary/aromatic N) is 2. The average Bonchev–Trinajstić information content (AvgIpc) is 2.83. The van der Waals surface area contributed by atoms with E-state index < -0.39 is 0 Å². The van der Waals surface area contributed by atoms with Crippen LogP contribution in [0.15, 0.2) is 36.5 Å². The van der Waals surface area contributed by atoms with Crippen LogP contribution in [0.1, 0.15) is 28.4 Å². The summed E-state index contributed by atoms with van der Waals surface area (Å²) in [5, 5.41) is 16.6. The lowest BCUT2D eigenvalue weighted by Crippen LogP contribution is -2.45. The third-order valence-electron chi connectivity index (χ3n) is 5.24. The Morgan fingerprint density at radius 1 is 1.26 bits per heavy atom. The summed E-state index contributed by atoms with van der Waals surface area (Å²) in [6.07, 6.45) is 4.09. The lowest BCUT2D eigenvalue weighted by Gasteiger charge is -2.35. The molecule has 2 aliphatic rings. The van der Waals surface area contributed by atoms with E-state index in [0.29, 0.717) is 13.1 Å². The van der Waals surface area contributed by atoms with Gasteiger partial charge >= 0.3 is 0 Å². The van der Waals surface area contributed by atoms with Crippen molar-refractivity contribution >= 4 is 23.3 Å². The molecule has 1 aromatic heterocycles. The fourth-order valence-electron chi connectivity index (χ4n) is 4.00. The standard InChI is InChI=1S/C21H25ClN4O/c22-17-3-4-18-19(13-17)16(14-24-8-11-27)12-15-2-1-5-25-20(15)21(18)26-9-6-23-7-10-26/h1-5,12-13,21,23-24,27H,6-11,14H2. The highest BCUT2D eigenvalue weighted by Gasteiger charge is 2.31. The van der Waals surface area contributed by atoms with Gasteiger partial charge in [-0.25, -0.2) is 0 Å². The second-order valence-corrected chi connectivity index (χ2v) is 7.40. The van der Waals surface area contributed by atoms with Crippen LogP contribution >= 0.6 is 11.6 Å². The van der Waals surface area contributed by atoms with Gasteiger partial charge in [0.2, 0.25) is 0 Å². The smallest absolute Gasteiger partial charge is 0.0789 e. The second kappa shape index (κ2) is 8.50. The minimum absolute atomic E-state index is 0.113. The molecule has 1 aliphatic carbocycles.